The summed E-state index contributed by atoms with van der Waals surface area (Å²) in [7, 11) is 3.42. The van der Waals surface area contributed by atoms with Crippen LogP contribution in [0, 0.1) is 13.8 Å². The first-order valence-electron chi connectivity index (χ1n) is 6.56. The molecule has 0 fully saturated rings. The van der Waals surface area contributed by atoms with Gasteiger partial charge in [-0.05, 0) is 38.3 Å². The summed E-state index contributed by atoms with van der Waals surface area (Å²) >= 11 is 0. The summed E-state index contributed by atoms with van der Waals surface area (Å²) in [5.41, 5.74) is 9.11. The van der Waals surface area contributed by atoms with Gasteiger partial charge in [0, 0.05) is 26.5 Å². The van der Waals surface area contributed by atoms with E-state index in [1.165, 1.54) is 5.56 Å². The van der Waals surface area contributed by atoms with E-state index in [1.54, 1.807) is 19.1 Å². The molecule has 0 saturated heterocycles. The van der Waals surface area contributed by atoms with Crippen LogP contribution in [-0.2, 0) is 9.53 Å². The number of rotatable bonds is 6. The van der Waals surface area contributed by atoms with E-state index < -0.39 is 6.04 Å². The summed E-state index contributed by atoms with van der Waals surface area (Å²) < 4.78 is 4.97. The Morgan fingerprint density at radius 1 is 1.42 bits per heavy atom. The molecule has 1 aromatic rings. The summed E-state index contributed by atoms with van der Waals surface area (Å²) in [6.45, 7) is 4.67. The number of benzene rings is 1. The molecule has 4 heteroatoms. The lowest BCUT2D eigenvalue weighted by molar-refractivity contribution is -0.119. The number of hydrogen-bond acceptors (Lipinski definition) is 3. The molecule has 1 aromatic carbocycles. The number of anilines is 1. The number of nitrogens with two attached hydrogens (primary N) is 1. The molecule has 0 spiro atoms. The van der Waals surface area contributed by atoms with Crippen molar-refractivity contribution in [2.75, 3.05) is 25.7 Å². The molecule has 0 heterocycles. The topological polar surface area (TPSA) is 55.6 Å². The van der Waals surface area contributed by atoms with E-state index in [0.29, 0.717) is 13.0 Å². The molecular formula is C15H24N2O2. The maximum absolute atomic E-state index is 12.2. The van der Waals surface area contributed by atoms with Gasteiger partial charge in [-0.3, -0.25) is 4.79 Å². The summed E-state index contributed by atoms with van der Waals surface area (Å²) in [5, 5.41) is 0. The van der Waals surface area contributed by atoms with E-state index in [9.17, 15) is 4.79 Å². The lowest BCUT2D eigenvalue weighted by Gasteiger charge is -2.23. The van der Waals surface area contributed by atoms with Gasteiger partial charge in [-0.2, -0.15) is 0 Å². The third-order valence-electron chi connectivity index (χ3n) is 3.23. The summed E-state index contributed by atoms with van der Waals surface area (Å²) in [6.07, 6.45) is 1.44. The largest absolute Gasteiger partial charge is 0.385 e. The van der Waals surface area contributed by atoms with Crippen LogP contribution in [0.1, 0.15) is 24.0 Å². The predicted octanol–water partition coefficient (Wildman–Crippen LogP) is 2.02. The predicted molar refractivity (Wildman–Crippen MR) is 78.4 cm³/mol. The van der Waals surface area contributed by atoms with E-state index in [4.69, 9.17) is 10.5 Å². The van der Waals surface area contributed by atoms with Crippen LogP contribution in [0.15, 0.2) is 18.2 Å². The molecule has 19 heavy (non-hydrogen) atoms. The number of likely N-dealkylation sites (N-methyl/N-ethyl adjacent to an activating group) is 1. The monoisotopic (exact) mass is 264 g/mol. The second-order valence-electron chi connectivity index (χ2n) is 4.93. The number of ether oxygens (including phenoxy) is 1. The van der Waals surface area contributed by atoms with Crippen molar-refractivity contribution in [3.05, 3.63) is 29.3 Å². The number of nitrogens with zero attached hydrogens (tertiary/aromatic N) is 1. The lowest BCUT2D eigenvalue weighted by atomic mass is 10.1. The Kier molecular flexibility index (Phi) is 5.99. The highest BCUT2D eigenvalue weighted by Crippen LogP contribution is 2.20. The van der Waals surface area contributed by atoms with Crippen molar-refractivity contribution in [3.8, 4) is 0 Å². The minimum Gasteiger partial charge on any atom is -0.385 e. The molecule has 1 rings (SSSR count). The summed E-state index contributed by atoms with van der Waals surface area (Å²) in [4.78, 5) is 13.9. The fourth-order valence-electron chi connectivity index (χ4n) is 2.12. The quantitative estimate of drug-likeness (QED) is 0.800. The van der Waals surface area contributed by atoms with Crippen LogP contribution in [-0.4, -0.2) is 32.7 Å². The summed E-state index contributed by atoms with van der Waals surface area (Å²) in [5.74, 6) is -0.0527. The van der Waals surface area contributed by atoms with Crippen LogP contribution >= 0.6 is 0 Å². The number of methoxy groups -OCH3 is 1. The average molecular weight is 264 g/mol. The molecule has 0 aliphatic carbocycles. The van der Waals surface area contributed by atoms with Crippen molar-refractivity contribution in [2.24, 2.45) is 5.73 Å². The first kappa shape index (κ1) is 15.7. The van der Waals surface area contributed by atoms with Crippen molar-refractivity contribution >= 4 is 11.6 Å². The van der Waals surface area contributed by atoms with E-state index in [1.807, 2.05) is 26.0 Å². The fraction of sp³-hybridized carbons (Fsp3) is 0.533. The molecular weight excluding hydrogens is 240 g/mol. The first-order valence-corrected chi connectivity index (χ1v) is 6.56. The Hall–Kier alpha value is -1.39. The normalized spacial score (nSPS) is 12.3. The standard InChI is InChI=1S/C15H24N2O2/c1-11-7-8-14(12(2)10-11)17(3)15(18)13(16)6-5-9-19-4/h7-8,10,13H,5-6,9,16H2,1-4H3. The minimum absolute atomic E-state index is 0.0527. The second kappa shape index (κ2) is 7.26. The van der Waals surface area contributed by atoms with Crippen LogP contribution in [0.3, 0.4) is 0 Å². The maximum Gasteiger partial charge on any atom is 0.243 e. The fourth-order valence-corrected chi connectivity index (χ4v) is 2.12. The molecule has 1 unspecified atom stereocenters. The zero-order valence-electron chi connectivity index (χ0n) is 12.3. The van der Waals surface area contributed by atoms with Crippen molar-refractivity contribution in [1.82, 2.24) is 0 Å². The Labute approximate surface area is 115 Å². The van der Waals surface area contributed by atoms with Gasteiger partial charge in [-0.25, -0.2) is 0 Å². The zero-order valence-corrected chi connectivity index (χ0v) is 12.3. The van der Waals surface area contributed by atoms with E-state index >= 15 is 0 Å². The Morgan fingerprint density at radius 2 is 2.11 bits per heavy atom. The van der Waals surface area contributed by atoms with E-state index in [2.05, 4.69) is 6.07 Å². The summed E-state index contributed by atoms with van der Waals surface area (Å²) in [6, 6.07) is 5.56. The lowest BCUT2D eigenvalue weighted by Crippen LogP contribution is -2.42. The average Bonchev–Trinajstić information content (AvgIpc) is 2.37. The van der Waals surface area contributed by atoms with Gasteiger partial charge in [-0.1, -0.05) is 17.7 Å². The Bertz CT molecular complexity index is 432. The van der Waals surface area contributed by atoms with Gasteiger partial charge in [0.15, 0.2) is 0 Å². The van der Waals surface area contributed by atoms with Crippen LogP contribution in [0.4, 0.5) is 5.69 Å². The van der Waals surface area contributed by atoms with Crippen molar-refractivity contribution in [3.63, 3.8) is 0 Å². The van der Waals surface area contributed by atoms with Crippen molar-refractivity contribution < 1.29 is 9.53 Å². The molecule has 1 atom stereocenters. The highest BCUT2D eigenvalue weighted by atomic mass is 16.5. The highest BCUT2D eigenvalue weighted by Gasteiger charge is 2.19. The van der Waals surface area contributed by atoms with Crippen molar-refractivity contribution in [1.29, 1.82) is 0 Å². The zero-order chi connectivity index (χ0) is 14.4. The number of amides is 1. The highest BCUT2D eigenvalue weighted by molar-refractivity contribution is 5.97. The van der Waals surface area contributed by atoms with E-state index in [-0.39, 0.29) is 5.91 Å². The Morgan fingerprint density at radius 3 is 2.68 bits per heavy atom. The number of carbonyl (C=O) groups is 1. The first-order chi connectivity index (χ1) is 8.97. The van der Waals surface area contributed by atoms with Crippen LogP contribution in [0.25, 0.3) is 0 Å². The Balaban J connectivity index is 2.70. The van der Waals surface area contributed by atoms with Gasteiger partial charge in [0.1, 0.15) is 0 Å². The van der Waals surface area contributed by atoms with Gasteiger partial charge in [-0.15, -0.1) is 0 Å². The van der Waals surface area contributed by atoms with E-state index in [0.717, 1.165) is 17.7 Å². The van der Waals surface area contributed by atoms with Crippen LogP contribution in [0.2, 0.25) is 0 Å². The number of hydrogen-bond donors (Lipinski definition) is 1. The molecule has 0 radical (unpaired) electrons. The van der Waals surface area contributed by atoms with Crippen LogP contribution in [0.5, 0.6) is 0 Å². The molecule has 2 N–H and O–H groups in total. The molecule has 0 aliphatic rings. The maximum atomic E-state index is 12.2. The number of carbonyl (C=O) groups excluding carboxylic acids is 1. The molecule has 106 valence electrons. The van der Waals surface area contributed by atoms with Gasteiger partial charge < -0.3 is 15.4 Å². The molecule has 0 bridgehead atoms. The van der Waals surface area contributed by atoms with Gasteiger partial charge >= 0.3 is 0 Å². The second-order valence-corrected chi connectivity index (χ2v) is 4.93. The van der Waals surface area contributed by atoms with Gasteiger partial charge in [0.2, 0.25) is 5.91 Å². The van der Waals surface area contributed by atoms with Gasteiger partial charge in [0.05, 0.1) is 6.04 Å². The smallest absolute Gasteiger partial charge is 0.243 e. The number of aryl methyl sites for hydroxylation is 2. The third kappa shape index (κ3) is 4.33. The van der Waals surface area contributed by atoms with Crippen LogP contribution < -0.4 is 10.6 Å². The van der Waals surface area contributed by atoms with Gasteiger partial charge in [0.25, 0.3) is 0 Å². The van der Waals surface area contributed by atoms with Crippen molar-refractivity contribution in [2.45, 2.75) is 32.7 Å². The molecule has 0 saturated carbocycles. The minimum atomic E-state index is -0.471. The SMILES string of the molecule is COCCCC(N)C(=O)N(C)c1ccc(C)cc1C. The molecule has 4 nitrogen and oxygen atoms in total. The molecule has 0 aromatic heterocycles. The third-order valence-corrected chi connectivity index (χ3v) is 3.23. The molecule has 0 aliphatic heterocycles. The molecule has 1 amide bonds.